The Hall–Kier alpha value is -2.82. The second-order valence-electron chi connectivity index (χ2n) is 5.11. The molecule has 0 bridgehead atoms. The van der Waals surface area contributed by atoms with Crippen molar-refractivity contribution in [3.8, 4) is 0 Å². The topological polar surface area (TPSA) is 77.8 Å². The SMILES string of the molecule is CCC=CCCC=Cc1ccc(Nc2cc(=O)[nH]c(=O)[nH]2)cc1. The summed E-state index contributed by atoms with van der Waals surface area (Å²) in [5, 5.41) is 2.99. The van der Waals surface area contributed by atoms with Gasteiger partial charge in [-0.05, 0) is 37.0 Å². The van der Waals surface area contributed by atoms with E-state index in [1.54, 1.807) is 0 Å². The summed E-state index contributed by atoms with van der Waals surface area (Å²) >= 11 is 0. The van der Waals surface area contributed by atoms with E-state index in [1.165, 1.54) is 6.07 Å². The number of rotatable bonds is 7. The molecule has 5 nitrogen and oxygen atoms in total. The van der Waals surface area contributed by atoms with Gasteiger partial charge in [0.2, 0.25) is 0 Å². The lowest BCUT2D eigenvalue weighted by Gasteiger charge is -2.05. The van der Waals surface area contributed by atoms with Gasteiger partial charge in [-0.3, -0.25) is 14.8 Å². The lowest BCUT2D eigenvalue weighted by atomic mass is 10.1. The average Bonchev–Trinajstić information content (AvgIpc) is 2.51. The number of allylic oxidation sites excluding steroid dienone is 3. The summed E-state index contributed by atoms with van der Waals surface area (Å²) in [6, 6.07) is 9.06. The van der Waals surface area contributed by atoms with E-state index in [2.05, 4.69) is 46.5 Å². The number of aromatic amines is 2. The van der Waals surface area contributed by atoms with Crippen LogP contribution >= 0.6 is 0 Å². The first-order valence-electron chi connectivity index (χ1n) is 7.69. The van der Waals surface area contributed by atoms with Crippen molar-refractivity contribution in [3.63, 3.8) is 0 Å². The van der Waals surface area contributed by atoms with E-state index in [-0.39, 0.29) is 0 Å². The molecule has 0 radical (unpaired) electrons. The van der Waals surface area contributed by atoms with E-state index in [9.17, 15) is 9.59 Å². The van der Waals surface area contributed by atoms with Crippen molar-refractivity contribution in [2.45, 2.75) is 26.2 Å². The van der Waals surface area contributed by atoms with Crippen molar-refractivity contribution in [2.24, 2.45) is 0 Å². The second kappa shape index (κ2) is 8.58. The van der Waals surface area contributed by atoms with Crippen LogP contribution in [0.15, 0.2) is 58.1 Å². The molecular weight excluding hydrogens is 290 g/mol. The van der Waals surface area contributed by atoms with Crippen LogP contribution in [0.1, 0.15) is 31.7 Å². The molecular formula is C18H21N3O2. The minimum Gasteiger partial charge on any atom is -0.342 e. The molecule has 23 heavy (non-hydrogen) atoms. The number of hydrogen-bond donors (Lipinski definition) is 3. The molecule has 3 N–H and O–H groups in total. The van der Waals surface area contributed by atoms with Crippen molar-refractivity contribution in [1.29, 1.82) is 0 Å². The van der Waals surface area contributed by atoms with E-state index in [0.717, 1.165) is 30.5 Å². The molecule has 120 valence electrons. The summed E-state index contributed by atoms with van der Waals surface area (Å²) in [6.45, 7) is 2.13. The zero-order chi connectivity index (χ0) is 16.5. The quantitative estimate of drug-likeness (QED) is 0.540. The largest absolute Gasteiger partial charge is 0.342 e. The van der Waals surface area contributed by atoms with Crippen LogP contribution in [-0.4, -0.2) is 9.97 Å². The van der Waals surface area contributed by atoms with Crippen LogP contribution in [0.2, 0.25) is 0 Å². The van der Waals surface area contributed by atoms with Gasteiger partial charge in [-0.15, -0.1) is 0 Å². The predicted molar refractivity (Wildman–Crippen MR) is 95.1 cm³/mol. The molecule has 2 aromatic rings. The van der Waals surface area contributed by atoms with Crippen LogP contribution in [0.3, 0.4) is 0 Å². The first-order valence-corrected chi connectivity index (χ1v) is 7.69. The van der Waals surface area contributed by atoms with Crippen molar-refractivity contribution in [3.05, 3.63) is 75.0 Å². The third-order valence-electron chi connectivity index (χ3n) is 3.16. The third kappa shape index (κ3) is 5.82. The minimum atomic E-state index is -0.531. The minimum absolute atomic E-state index is 0.366. The summed E-state index contributed by atoms with van der Waals surface area (Å²) in [5.41, 5.74) is 0.938. The zero-order valence-electron chi connectivity index (χ0n) is 13.1. The van der Waals surface area contributed by atoms with E-state index in [4.69, 9.17) is 0 Å². The summed E-state index contributed by atoms with van der Waals surface area (Å²) in [6.07, 6.45) is 11.8. The first kappa shape index (κ1) is 16.5. The Morgan fingerprint density at radius 3 is 2.43 bits per heavy atom. The lowest BCUT2D eigenvalue weighted by molar-refractivity contribution is 1.04. The van der Waals surface area contributed by atoms with E-state index >= 15 is 0 Å². The van der Waals surface area contributed by atoms with Crippen LogP contribution in [-0.2, 0) is 0 Å². The van der Waals surface area contributed by atoms with Gasteiger partial charge in [-0.2, -0.15) is 0 Å². The fourth-order valence-corrected chi connectivity index (χ4v) is 2.07. The summed E-state index contributed by atoms with van der Waals surface area (Å²) < 4.78 is 0. The Balaban J connectivity index is 1.94. The number of aromatic nitrogens is 2. The van der Waals surface area contributed by atoms with Gasteiger partial charge in [0, 0.05) is 11.8 Å². The predicted octanol–water partition coefficient (Wildman–Crippen LogP) is 3.57. The molecule has 0 amide bonds. The number of anilines is 2. The molecule has 0 saturated carbocycles. The van der Waals surface area contributed by atoms with Gasteiger partial charge in [0.15, 0.2) is 0 Å². The van der Waals surface area contributed by atoms with E-state index in [1.807, 2.05) is 24.3 Å². The standard InChI is InChI=1S/C18H21N3O2/c1-2-3-4-5-6-7-8-14-9-11-15(12-10-14)19-16-13-17(22)21-18(23)20-16/h3-4,7-13H,2,5-6H2,1H3,(H3,19,20,21,22,23). The Bertz CT molecular complexity index is 755. The van der Waals surface area contributed by atoms with E-state index < -0.39 is 11.2 Å². The highest BCUT2D eigenvalue weighted by atomic mass is 16.2. The molecule has 0 aliphatic rings. The smallest absolute Gasteiger partial charge is 0.327 e. The molecule has 0 atom stereocenters. The van der Waals surface area contributed by atoms with Crippen molar-refractivity contribution in [1.82, 2.24) is 9.97 Å². The van der Waals surface area contributed by atoms with Crippen molar-refractivity contribution < 1.29 is 0 Å². The normalized spacial score (nSPS) is 11.3. The fraction of sp³-hybridized carbons (Fsp3) is 0.222. The van der Waals surface area contributed by atoms with E-state index in [0.29, 0.717) is 5.82 Å². The third-order valence-corrected chi connectivity index (χ3v) is 3.16. The van der Waals surface area contributed by atoms with Gasteiger partial charge < -0.3 is 5.32 Å². The molecule has 0 fully saturated rings. The lowest BCUT2D eigenvalue weighted by Crippen LogP contribution is -2.22. The molecule has 1 aromatic heterocycles. The maximum absolute atomic E-state index is 11.2. The van der Waals surface area contributed by atoms with Crippen LogP contribution < -0.4 is 16.6 Å². The molecule has 5 heteroatoms. The maximum Gasteiger partial charge on any atom is 0.327 e. The number of unbranched alkanes of at least 4 members (excludes halogenated alkanes) is 1. The van der Waals surface area contributed by atoms with Crippen LogP contribution in [0.25, 0.3) is 6.08 Å². The van der Waals surface area contributed by atoms with Gasteiger partial charge in [0.25, 0.3) is 5.56 Å². The van der Waals surface area contributed by atoms with Crippen molar-refractivity contribution >= 4 is 17.6 Å². The molecule has 1 aromatic carbocycles. The molecule has 0 aliphatic carbocycles. The van der Waals surface area contributed by atoms with Gasteiger partial charge in [-0.25, -0.2) is 4.79 Å². The van der Waals surface area contributed by atoms with Crippen molar-refractivity contribution in [2.75, 3.05) is 5.32 Å². The molecule has 0 spiro atoms. The first-order chi connectivity index (χ1) is 11.2. The molecule has 0 aliphatic heterocycles. The highest BCUT2D eigenvalue weighted by molar-refractivity contribution is 5.59. The number of benzene rings is 1. The zero-order valence-corrected chi connectivity index (χ0v) is 13.1. The highest BCUT2D eigenvalue weighted by Gasteiger charge is 1.97. The van der Waals surface area contributed by atoms with Crippen LogP contribution in [0, 0.1) is 0 Å². The molecule has 0 unspecified atom stereocenters. The average molecular weight is 311 g/mol. The fourth-order valence-electron chi connectivity index (χ4n) is 2.07. The van der Waals surface area contributed by atoms with Gasteiger partial charge in [0.05, 0.1) is 0 Å². The molecule has 2 rings (SSSR count). The Kier molecular flexibility index (Phi) is 6.17. The maximum atomic E-state index is 11.2. The summed E-state index contributed by atoms with van der Waals surface area (Å²) in [7, 11) is 0. The number of hydrogen-bond acceptors (Lipinski definition) is 3. The van der Waals surface area contributed by atoms with Crippen LogP contribution in [0.5, 0.6) is 0 Å². The molecule has 0 saturated heterocycles. The monoisotopic (exact) mass is 311 g/mol. The number of nitrogens with one attached hydrogen (secondary N) is 3. The Morgan fingerprint density at radius 1 is 1.00 bits per heavy atom. The van der Waals surface area contributed by atoms with Gasteiger partial charge in [-0.1, -0.05) is 43.4 Å². The highest BCUT2D eigenvalue weighted by Crippen LogP contribution is 2.14. The second-order valence-corrected chi connectivity index (χ2v) is 5.11. The Labute approximate surface area is 134 Å². The molecule has 1 heterocycles. The number of H-pyrrole nitrogens is 2. The summed E-state index contributed by atoms with van der Waals surface area (Å²) in [5.74, 6) is 0.366. The summed E-state index contributed by atoms with van der Waals surface area (Å²) in [4.78, 5) is 27.1. The van der Waals surface area contributed by atoms with Gasteiger partial charge in [0.1, 0.15) is 5.82 Å². The van der Waals surface area contributed by atoms with Crippen LogP contribution in [0.4, 0.5) is 11.5 Å². The van der Waals surface area contributed by atoms with Gasteiger partial charge >= 0.3 is 5.69 Å². The Morgan fingerprint density at radius 2 is 1.74 bits per heavy atom.